The highest BCUT2D eigenvalue weighted by molar-refractivity contribution is 7.88. The third-order valence-corrected chi connectivity index (χ3v) is 7.58. The molecule has 0 aliphatic carbocycles. The van der Waals surface area contributed by atoms with Crippen molar-refractivity contribution in [2.75, 3.05) is 31.2 Å². The minimum Gasteiger partial charge on any atom is -0.345 e. The molecular weight excluding hydrogens is 464 g/mol. The van der Waals surface area contributed by atoms with Gasteiger partial charge in [-0.3, -0.25) is 9.59 Å². The van der Waals surface area contributed by atoms with E-state index in [1.54, 1.807) is 18.2 Å². The molecule has 0 radical (unpaired) electrons. The van der Waals surface area contributed by atoms with Crippen LogP contribution >= 0.6 is 0 Å². The predicted octanol–water partition coefficient (Wildman–Crippen LogP) is 2.81. The molecule has 1 aliphatic rings. The maximum absolute atomic E-state index is 13.2. The van der Waals surface area contributed by atoms with Crippen molar-refractivity contribution in [2.24, 2.45) is 0 Å². The Balaban J connectivity index is 1.48. The Labute approximate surface area is 205 Å². The van der Waals surface area contributed by atoms with Crippen molar-refractivity contribution in [3.63, 3.8) is 0 Å². The van der Waals surface area contributed by atoms with E-state index in [0.717, 1.165) is 28.2 Å². The van der Waals surface area contributed by atoms with E-state index < -0.39 is 16.1 Å². The summed E-state index contributed by atoms with van der Waals surface area (Å²) < 4.78 is 25.0. The molecule has 1 aliphatic heterocycles. The highest BCUT2D eigenvalue weighted by atomic mass is 32.2. The van der Waals surface area contributed by atoms with Crippen molar-refractivity contribution in [3.8, 4) is 0 Å². The van der Waals surface area contributed by atoms with E-state index in [4.69, 9.17) is 0 Å². The second kappa shape index (κ2) is 10.2. The number of hydrogen-bond acceptors (Lipinski definition) is 5. The molecule has 2 atom stereocenters. The smallest absolute Gasteiger partial charge is 0.252 e. The van der Waals surface area contributed by atoms with Crippen LogP contribution in [0.4, 0.5) is 5.69 Å². The van der Waals surface area contributed by atoms with Crippen LogP contribution in [0, 0.1) is 6.92 Å². The number of nitrogens with zero attached hydrogens (tertiary/aromatic N) is 1. The first-order chi connectivity index (χ1) is 16.6. The van der Waals surface area contributed by atoms with Gasteiger partial charge in [0.1, 0.15) is 6.04 Å². The zero-order valence-electron chi connectivity index (χ0n) is 20.0. The number of benzene rings is 3. The van der Waals surface area contributed by atoms with Gasteiger partial charge in [0.25, 0.3) is 5.91 Å². The molecule has 0 saturated carbocycles. The van der Waals surface area contributed by atoms with Gasteiger partial charge in [-0.15, -0.1) is 0 Å². The standard InChI is InChI=1S/C26H30N4O4S/c1-17-11-12-20(29-26(32)24-16-30(14-13-27-24)35(3,33)34)15-23(17)25(31)28-18(2)21-10-6-8-19-7-4-5-9-22(19)21/h4-12,15,18,24,27H,13-14,16H2,1-3H3,(H,28,31)(H,29,32)/t18-,24?/m1/s1. The number of hydrogen-bond donors (Lipinski definition) is 3. The Morgan fingerprint density at radius 3 is 2.60 bits per heavy atom. The topological polar surface area (TPSA) is 108 Å². The molecule has 3 N–H and O–H groups in total. The fourth-order valence-corrected chi connectivity index (χ4v) is 5.20. The van der Waals surface area contributed by atoms with E-state index in [1.165, 1.54) is 4.31 Å². The Morgan fingerprint density at radius 2 is 1.83 bits per heavy atom. The zero-order chi connectivity index (χ0) is 25.2. The molecule has 1 fully saturated rings. The molecule has 35 heavy (non-hydrogen) atoms. The largest absolute Gasteiger partial charge is 0.345 e. The molecule has 0 spiro atoms. The summed E-state index contributed by atoms with van der Waals surface area (Å²) in [7, 11) is -3.38. The maximum Gasteiger partial charge on any atom is 0.252 e. The summed E-state index contributed by atoms with van der Waals surface area (Å²) in [5.74, 6) is -0.587. The molecule has 8 nitrogen and oxygen atoms in total. The summed E-state index contributed by atoms with van der Waals surface area (Å²) in [6.45, 7) is 4.57. The van der Waals surface area contributed by atoms with E-state index in [9.17, 15) is 18.0 Å². The third kappa shape index (κ3) is 5.70. The highest BCUT2D eigenvalue weighted by Gasteiger charge is 2.30. The number of carbonyl (C=O) groups excluding carboxylic acids is 2. The quantitative estimate of drug-likeness (QED) is 0.489. The van der Waals surface area contributed by atoms with Gasteiger partial charge in [-0.25, -0.2) is 8.42 Å². The number of rotatable bonds is 6. The molecule has 0 bridgehead atoms. The molecule has 9 heteroatoms. The SMILES string of the molecule is Cc1ccc(NC(=O)C2CN(S(C)(=O)=O)CCN2)cc1C(=O)N[C@H](C)c1cccc2ccccc12. The Hall–Kier alpha value is -3.27. The van der Waals surface area contributed by atoms with Crippen LogP contribution in [-0.2, 0) is 14.8 Å². The number of sulfonamides is 1. The van der Waals surface area contributed by atoms with Gasteiger partial charge in [-0.1, -0.05) is 48.5 Å². The van der Waals surface area contributed by atoms with E-state index in [2.05, 4.69) is 16.0 Å². The fourth-order valence-electron chi connectivity index (χ4n) is 4.35. The van der Waals surface area contributed by atoms with Crippen LogP contribution in [0.2, 0.25) is 0 Å². The van der Waals surface area contributed by atoms with Crippen molar-refractivity contribution in [2.45, 2.75) is 25.9 Å². The van der Waals surface area contributed by atoms with Gasteiger partial charge in [0, 0.05) is 30.9 Å². The Morgan fingerprint density at radius 1 is 1.09 bits per heavy atom. The van der Waals surface area contributed by atoms with Gasteiger partial charge in [0.05, 0.1) is 12.3 Å². The Kier molecular flexibility index (Phi) is 7.20. The van der Waals surface area contributed by atoms with Crippen molar-refractivity contribution >= 4 is 38.3 Å². The number of carbonyl (C=O) groups is 2. The Bertz CT molecular complexity index is 1370. The molecule has 1 saturated heterocycles. The van der Waals surface area contributed by atoms with Crippen LogP contribution in [0.3, 0.4) is 0 Å². The zero-order valence-corrected chi connectivity index (χ0v) is 20.9. The summed E-state index contributed by atoms with van der Waals surface area (Å²) >= 11 is 0. The molecule has 3 aromatic carbocycles. The summed E-state index contributed by atoms with van der Waals surface area (Å²) in [5, 5.41) is 11.1. The van der Waals surface area contributed by atoms with Gasteiger partial charge < -0.3 is 16.0 Å². The first kappa shape index (κ1) is 24.8. The second-order valence-corrected chi connectivity index (χ2v) is 10.9. The molecule has 3 aromatic rings. The lowest BCUT2D eigenvalue weighted by Gasteiger charge is -2.31. The number of amides is 2. The highest BCUT2D eigenvalue weighted by Crippen LogP contribution is 2.25. The van der Waals surface area contributed by atoms with Gasteiger partial charge >= 0.3 is 0 Å². The number of fused-ring (bicyclic) bond motifs is 1. The van der Waals surface area contributed by atoms with Crippen LogP contribution in [0.25, 0.3) is 10.8 Å². The number of nitrogens with one attached hydrogen (secondary N) is 3. The lowest BCUT2D eigenvalue weighted by molar-refractivity contribution is -0.118. The first-order valence-corrected chi connectivity index (χ1v) is 13.4. The summed E-state index contributed by atoms with van der Waals surface area (Å²) in [4.78, 5) is 26.0. The number of anilines is 1. The van der Waals surface area contributed by atoms with Crippen molar-refractivity contribution in [1.82, 2.24) is 14.9 Å². The van der Waals surface area contributed by atoms with Crippen LogP contribution in [0.5, 0.6) is 0 Å². The van der Waals surface area contributed by atoms with Crippen LogP contribution in [0.1, 0.15) is 34.5 Å². The molecule has 184 valence electrons. The normalized spacial score (nSPS) is 17.6. The minimum atomic E-state index is -3.38. The molecule has 1 unspecified atom stereocenters. The first-order valence-electron chi connectivity index (χ1n) is 11.5. The van der Waals surface area contributed by atoms with Crippen LogP contribution < -0.4 is 16.0 Å². The molecule has 2 amide bonds. The molecule has 0 aromatic heterocycles. The second-order valence-electron chi connectivity index (χ2n) is 8.91. The van der Waals surface area contributed by atoms with E-state index in [1.807, 2.05) is 56.3 Å². The minimum absolute atomic E-state index is 0.0619. The average Bonchev–Trinajstić information content (AvgIpc) is 2.84. The number of aryl methyl sites for hydroxylation is 1. The monoisotopic (exact) mass is 494 g/mol. The lowest BCUT2D eigenvalue weighted by Crippen LogP contribution is -2.56. The van der Waals surface area contributed by atoms with Crippen molar-refractivity contribution in [3.05, 3.63) is 77.4 Å². The summed E-state index contributed by atoms with van der Waals surface area (Å²) in [6, 6.07) is 18.3. The molecule has 1 heterocycles. The average molecular weight is 495 g/mol. The van der Waals surface area contributed by atoms with Gasteiger partial charge in [0.2, 0.25) is 15.9 Å². The van der Waals surface area contributed by atoms with E-state index in [-0.39, 0.29) is 24.4 Å². The fraction of sp³-hybridized carbons (Fsp3) is 0.308. The maximum atomic E-state index is 13.2. The number of piperazine rings is 1. The lowest BCUT2D eigenvalue weighted by atomic mass is 9.99. The van der Waals surface area contributed by atoms with Crippen molar-refractivity contribution in [1.29, 1.82) is 0 Å². The summed E-state index contributed by atoms with van der Waals surface area (Å²) in [5.41, 5.74) is 2.74. The van der Waals surface area contributed by atoms with Crippen LogP contribution in [-0.4, -0.2) is 56.5 Å². The van der Waals surface area contributed by atoms with Crippen LogP contribution in [0.15, 0.2) is 60.7 Å². The molecule has 4 rings (SSSR count). The summed E-state index contributed by atoms with van der Waals surface area (Å²) in [6.07, 6.45) is 1.14. The van der Waals surface area contributed by atoms with Gasteiger partial charge in [0.15, 0.2) is 0 Å². The molecular formula is C26H30N4O4S. The predicted molar refractivity (Wildman–Crippen MR) is 138 cm³/mol. The van der Waals surface area contributed by atoms with E-state index in [0.29, 0.717) is 24.3 Å². The third-order valence-electron chi connectivity index (χ3n) is 6.31. The van der Waals surface area contributed by atoms with Gasteiger partial charge in [-0.05, 0) is 47.9 Å². The van der Waals surface area contributed by atoms with Crippen molar-refractivity contribution < 1.29 is 18.0 Å². The van der Waals surface area contributed by atoms with Gasteiger partial charge in [-0.2, -0.15) is 4.31 Å². The van der Waals surface area contributed by atoms with E-state index >= 15 is 0 Å².